The zero-order chi connectivity index (χ0) is 11.9. The second-order valence-electron chi connectivity index (χ2n) is 3.70. The van der Waals surface area contributed by atoms with Crippen molar-refractivity contribution in [1.29, 1.82) is 0 Å². The van der Waals surface area contributed by atoms with Crippen LogP contribution in [-0.2, 0) is 0 Å². The fraction of sp³-hybridized carbons (Fsp3) is 0. The summed E-state index contributed by atoms with van der Waals surface area (Å²) in [7, 11) is 0. The van der Waals surface area contributed by atoms with E-state index in [2.05, 4.69) is 42.7 Å². The van der Waals surface area contributed by atoms with Crippen LogP contribution in [-0.4, -0.2) is 0 Å². The summed E-state index contributed by atoms with van der Waals surface area (Å²) < 4.78 is 0. The van der Waals surface area contributed by atoms with Crippen LogP contribution in [0.5, 0.6) is 0 Å². The topological polar surface area (TPSA) is 0 Å². The van der Waals surface area contributed by atoms with Crippen LogP contribution in [0.4, 0.5) is 0 Å². The maximum atomic E-state index is 3.74. The molecule has 0 unspecified atom stereocenters. The Balaban J connectivity index is 2.23. The molecule has 82 valence electrons. The molecule has 0 aliphatic carbocycles. The monoisotopic (exact) mass is 218 g/mol. The summed E-state index contributed by atoms with van der Waals surface area (Å²) in [5, 5.41) is 0. The summed E-state index contributed by atoms with van der Waals surface area (Å²) in [6.07, 6.45) is 4.11. The molecule has 0 bridgehead atoms. The molecular formula is C17H14. The van der Waals surface area contributed by atoms with E-state index in [0.29, 0.717) is 0 Å². The summed E-state index contributed by atoms with van der Waals surface area (Å²) in [6.45, 7) is 3.74. The minimum atomic E-state index is 1.01. The Morgan fingerprint density at radius 2 is 1.47 bits per heavy atom. The molecule has 0 N–H and O–H groups in total. The number of benzene rings is 2. The van der Waals surface area contributed by atoms with E-state index in [1.165, 1.54) is 5.56 Å². The van der Waals surface area contributed by atoms with Crippen LogP contribution in [0.3, 0.4) is 0 Å². The molecule has 17 heavy (non-hydrogen) atoms. The van der Waals surface area contributed by atoms with Gasteiger partial charge < -0.3 is 0 Å². The zero-order valence-corrected chi connectivity index (χ0v) is 9.64. The van der Waals surface area contributed by atoms with E-state index in [1.807, 2.05) is 42.5 Å². The van der Waals surface area contributed by atoms with Crippen LogP contribution < -0.4 is 0 Å². The molecule has 0 aromatic heterocycles. The molecule has 0 fully saturated rings. The molecule has 0 heterocycles. The predicted molar refractivity (Wildman–Crippen MR) is 74.5 cm³/mol. The van der Waals surface area contributed by atoms with E-state index < -0.39 is 0 Å². The van der Waals surface area contributed by atoms with Gasteiger partial charge in [0.05, 0.1) is 0 Å². The average Bonchev–Trinajstić information content (AvgIpc) is 2.42. The number of hydrogen-bond acceptors (Lipinski definition) is 0. The molecular weight excluding hydrogens is 204 g/mol. The Bertz CT molecular complexity index is 541. The Hall–Kier alpha value is -2.30. The molecule has 0 nitrogen and oxygen atoms in total. The van der Waals surface area contributed by atoms with E-state index in [-0.39, 0.29) is 0 Å². The molecule has 0 atom stereocenters. The van der Waals surface area contributed by atoms with Crippen molar-refractivity contribution < 1.29 is 0 Å². The molecule has 0 heteroatoms. The normalized spacial score (nSPS) is 10.1. The Morgan fingerprint density at radius 1 is 0.882 bits per heavy atom. The summed E-state index contributed by atoms with van der Waals surface area (Å²) in [6, 6.07) is 20.4. The molecule has 2 rings (SSSR count). The van der Waals surface area contributed by atoms with Gasteiger partial charge in [0.1, 0.15) is 0 Å². The highest BCUT2D eigenvalue weighted by molar-refractivity contribution is 5.78. The maximum absolute atomic E-state index is 3.74. The highest BCUT2D eigenvalue weighted by Crippen LogP contribution is 2.15. The highest BCUT2D eigenvalue weighted by atomic mass is 14.0. The first kappa shape index (κ1) is 11.2. The fourth-order valence-electron chi connectivity index (χ4n) is 1.62. The minimum Gasteiger partial charge on any atom is -0.120 e. The third kappa shape index (κ3) is 3.07. The largest absolute Gasteiger partial charge is 0.120 e. The molecule has 0 saturated heterocycles. The van der Waals surface area contributed by atoms with Crippen molar-refractivity contribution in [3.63, 3.8) is 0 Å². The summed E-state index contributed by atoms with van der Waals surface area (Å²) in [5.74, 6) is 0. The molecule has 0 spiro atoms. The lowest BCUT2D eigenvalue weighted by Gasteiger charge is -1.98. The van der Waals surface area contributed by atoms with Crippen LogP contribution in [0.2, 0.25) is 0 Å². The van der Waals surface area contributed by atoms with Gasteiger partial charge in [0.2, 0.25) is 0 Å². The van der Waals surface area contributed by atoms with Gasteiger partial charge in [0, 0.05) is 5.57 Å². The Morgan fingerprint density at radius 3 is 2.06 bits per heavy atom. The lowest BCUT2D eigenvalue weighted by molar-refractivity contribution is 1.62. The summed E-state index contributed by atoms with van der Waals surface area (Å²) >= 11 is 0. The standard InChI is InChI=1S/C17H14/c1-2-16(17-11-7-4-8-12-17)14-13-15-9-5-3-6-10-15/h3-14H,1H2/b14-13+. The first-order chi connectivity index (χ1) is 8.40. The van der Waals surface area contributed by atoms with Crippen molar-refractivity contribution in [2.75, 3.05) is 0 Å². The second kappa shape index (κ2) is 5.69. The molecule has 0 amide bonds. The van der Waals surface area contributed by atoms with E-state index in [9.17, 15) is 0 Å². The molecule has 0 radical (unpaired) electrons. The van der Waals surface area contributed by atoms with Crippen LogP contribution >= 0.6 is 0 Å². The van der Waals surface area contributed by atoms with Crippen LogP contribution in [0, 0.1) is 0 Å². The van der Waals surface area contributed by atoms with Crippen molar-refractivity contribution in [1.82, 2.24) is 0 Å². The average molecular weight is 218 g/mol. The number of hydrogen-bond donors (Lipinski definition) is 0. The van der Waals surface area contributed by atoms with Crippen LogP contribution in [0.15, 0.2) is 79.0 Å². The maximum Gasteiger partial charge on any atom is 0.0231 e. The summed E-state index contributed by atoms with van der Waals surface area (Å²) in [4.78, 5) is 0. The predicted octanol–water partition coefficient (Wildman–Crippen LogP) is 4.57. The van der Waals surface area contributed by atoms with Crippen LogP contribution in [0.1, 0.15) is 11.1 Å². The van der Waals surface area contributed by atoms with Gasteiger partial charge in [-0.25, -0.2) is 0 Å². The highest BCUT2D eigenvalue weighted by Gasteiger charge is 1.94. The third-order valence-corrected chi connectivity index (χ3v) is 2.52. The van der Waals surface area contributed by atoms with Crippen molar-refractivity contribution >= 4 is 11.6 Å². The zero-order valence-electron chi connectivity index (χ0n) is 9.64. The van der Waals surface area contributed by atoms with Crippen molar-refractivity contribution in [2.45, 2.75) is 0 Å². The molecule has 0 aliphatic heterocycles. The lowest BCUT2D eigenvalue weighted by atomic mass is 10.1. The molecule has 0 aliphatic rings. The van der Waals surface area contributed by atoms with Crippen molar-refractivity contribution in [3.8, 4) is 0 Å². The SMILES string of the molecule is C=C=C(/C=C/c1ccccc1)c1ccccc1. The first-order valence-electron chi connectivity index (χ1n) is 5.59. The molecule has 2 aromatic rings. The van der Waals surface area contributed by atoms with E-state index in [0.717, 1.165) is 11.1 Å². The van der Waals surface area contributed by atoms with E-state index in [1.54, 1.807) is 0 Å². The fourth-order valence-corrected chi connectivity index (χ4v) is 1.62. The van der Waals surface area contributed by atoms with Crippen molar-refractivity contribution in [2.24, 2.45) is 0 Å². The van der Waals surface area contributed by atoms with Gasteiger partial charge in [-0.1, -0.05) is 73.3 Å². The van der Waals surface area contributed by atoms with Crippen LogP contribution in [0.25, 0.3) is 11.6 Å². The summed E-state index contributed by atoms with van der Waals surface area (Å²) in [5.41, 5.74) is 6.29. The van der Waals surface area contributed by atoms with E-state index in [4.69, 9.17) is 0 Å². The first-order valence-corrected chi connectivity index (χ1v) is 5.59. The second-order valence-corrected chi connectivity index (χ2v) is 3.70. The van der Waals surface area contributed by atoms with Crippen molar-refractivity contribution in [3.05, 3.63) is 90.2 Å². The van der Waals surface area contributed by atoms with Gasteiger partial charge in [-0.3, -0.25) is 0 Å². The molecule has 2 aromatic carbocycles. The smallest absolute Gasteiger partial charge is 0.0231 e. The lowest BCUT2D eigenvalue weighted by Crippen LogP contribution is -1.78. The van der Waals surface area contributed by atoms with E-state index >= 15 is 0 Å². The van der Waals surface area contributed by atoms with Gasteiger partial charge in [-0.05, 0) is 17.2 Å². The van der Waals surface area contributed by atoms with Gasteiger partial charge in [-0.15, -0.1) is 5.73 Å². The van der Waals surface area contributed by atoms with Gasteiger partial charge >= 0.3 is 0 Å². The minimum absolute atomic E-state index is 1.01. The Labute approximate surface area is 102 Å². The van der Waals surface area contributed by atoms with Gasteiger partial charge in [0.15, 0.2) is 0 Å². The third-order valence-electron chi connectivity index (χ3n) is 2.52. The van der Waals surface area contributed by atoms with Gasteiger partial charge in [0.25, 0.3) is 0 Å². The Kier molecular flexibility index (Phi) is 3.75. The molecule has 0 saturated carbocycles. The number of rotatable bonds is 3. The number of allylic oxidation sites excluding steroid dienone is 2. The quantitative estimate of drug-likeness (QED) is 0.523. The van der Waals surface area contributed by atoms with Gasteiger partial charge in [-0.2, -0.15) is 0 Å².